The summed E-state index contributed by atoms with van der Waals surface area (Å²) in [4.78, 5) is 2.70. The molecule has 0 spiro atoms. The summed E-state index contributed by atoms with van der Waals surface area (Å²) in [7, 11) is 0. The van der Waals surface area contributed by atoms with E-state index in [4.69, 9.17) is 0 Å². The lowest BCUT2D eigenvalue weighted by atomic mass is 9.90. The Morgan fingerprint density at radius 2 is 0.732 bits per heavy atom. The maximum atomic E-state index is 2.42. The summed E-state index contributed by atoms with van der Waals surface area (Å²) in [6.07, 6.45) is 0. The Kier molecular flexibility index (Phi) is 6.90. The van der Waals surface area contributed by atoms with Crippen LogP contribution >= 0.6 is 34.0 Å². The third-order valence-corrected chi connectivity index (χ3v) is 11.8. The van der Waals surface area contributed by atoms with Crippen LogP contribution in [-0.2, 0) is 0 Å². The molecule has 0 aliphatic heterocycles. The van der Waals surface area contributed by atoms with E-state index in [1.807, 2.05) is 34.0 Å². The normalized spacial score (nSPS) is 11.9. The van der Waals surface area contributed by atoms with Gasteiger partial charge in [-0.2, -0.15) is 0 Å². The zero-order valence-corrected chi connectivity index (χ0v) is 26.2. The summed E-state index contributed by atoms with van der Waals surface area (Å²) in [5.74, 6) is 0.955. The van der Waals surface area contributed by atoms with E-state index in [0.29, 0.717) is 11.8 Å². The van der Waals surface area contributed by atoms with Crippen molar-refractivity contribution in [2.75, 3.05) is 0 Å². The quantitative estimate of drug-likeness (QED) is 0.182. The predicted octanol–water partition coefficient (Wildman–Crippen LogP) is 13.1. The summed E-state index contributed by atoms with van der Waals surface area (Å²) in [5.41, 5.74) is 10.8. The van der Waals surface area contributed by atoms with E-state index in [1.165, 1.54) is 73.1 Å². The second-order valence-corrected chi connectivity index (χ2v) is 14.5. The first-order valence-electron chi connectivity index (χ1n) is 14.3. The minimum Gasteiger partial charge on any atom is -0.133 e. The van der Waals surface area contributed by atoms with Crippen molar-refractivity contribution in [1.29, 1.82) is 0 Å². The number of benzene rings is 4. The van der Waals surface area contributed by atoms with E-state index in [0.717, 1.165) is 0 Å². The molecule has 3 heteroatoms. The molecule has 0 nitrogen and oxygen atoms in total. The fourth-order valence-corrected chi connectivity index (χ4v) is 10.1. The minimum atomic E-state index is 0.477. The fraction of sp³-hybridized carbons (Fsp3) is 0.158. The van der Waals surface area contributed by atoms with Gasteiger partial charge in [-0.1, -0.05) is 125 Å². The Balaban J connectivity index is 1.34. The summed E-state index contributed by atoms with van der Waals surface area (Å²) in [6.45, 7) is 9.14. The molecule has 0 aliphatic rings. The Hall–Kier alpha value is -3.50. The molecule has 0 saturated carbocycles. The number of rotatable bonds is 6. The first-order chi connectivity index (χ1) is 20.0. The topological polar surface area (TPSA) is 0 Å². The van der Waals surface area contributed by atoms with Crippen molar-refractivity contribution in [2.45, 2.75) is 39.5 Å². The Bertz CT molecular complexity index is 1870. The van der Waals surface area contributed by atoms with Crippen LogP contribution in [0.2, 0.25) is 0 Å². The van der Waals surface area contributed by atoms with Crippen molar-refractivity contribution in [3.8, 4) is 43.1 Å². The molecule has 3 heterocycles. The maximum absolute atomic E-state index is 2.42. The maximum Gasteiger partial charge on any atom is 0.0636 e. The van der Waals surface area contributed by atoms with E-state index >= 15 is 0 Å². The molecule has 0 fully saturated rings. The first-order valence-corrected chi connectivity index (χ1v) is 16.8. The van der Waals surface area contributed by atoms with E-state index in [9.17, 15) is 0 Å². The fourth-order valence-electron chi connectivity index (χ4n) is 5.96. The van der Waals surface area contributed by atoms with Crippen LogP contribution in [0.15, 0.2) is 109 Å². The number of hydrogen-bond donors (Lipinski definition) is 0. The van der Waals surface area contributed by atoms with Gasteiger partial charge in [0.2, 0.25) is 0 Å². The van der Waals surface area contributed by atoms with Crippen molar-refractivity contribution in [2.24, 2.45) is 0 Å². The van der Waals surface area contributed by atoms with Crippen LogP contribution in [0.5, 0.6) is 0 Å². The van der Waals surface area contributed by atoms with Gasteiger partial charge < -0.3 is 0 Å². The molecule has 202 valence electrons. The second-order valence-electron chi connectivity index (χ2n) is 11.3. The van der Waals surface area contributed by atoms with Crippen LogP contribution in [0, 0.1) is 0 Å². The molecule has 0 bridgehead atoms. The zero-order chi connectivity index (χ0) is 28.1. The largest absolute Gasteiger partial charge is 0.133 e. The summed E-state index contributed by atoms with van der Waals surface area (Å²) >= 11 is 5.82. The molecule has 4 aromatic carbocycles. The molecule has 0 unspecified atom stereocenters. The van der Waals surface area contributed by atoms with Gasteiger partial charge in [0.05, 0.1) is 9.40 Å². The van der Waals surface area contributed by atoms with Crippen LogP contribution in [0.1, 0.15) is 50.7 Å². The Morgan fingerprint density at radius 3 is 1.12 bits per heavy atom. The first kappa shape index (κ1) is 26.4. The number of thiophene rings is 3. The molecule has 0 radical (unpaired) electrons. The summed E-state index contributed by atoms with van der Waals surface area (Å²) < 4.78 is 5.62. The second kappa shape index (κ2) is 10.7. The van der Waals surface area contributed by atoms with Gasteiger partial charge in [0, 0.05) is 19.2 Å². The highest BCUT2D eigenvalue weighted by Crippen LogP contribution is 2.50. The third-order valence-electron chi connectivity index (χ3n) is 7.95. The van der Waals surface area contributed by atoms with E-state index in [-0.39, 0.29) is 0 Å². The number of fused-ring (bicyclic) bond motifs is 3. The lowest BCUT2D eigenvalue weighted by molar-refractivity contribution is 0.869. The van der Waals surface area contributed by atoms with Crippen molar-refractivity contribution in [1.82, 2.24) is 0 Å². The summed E-state index contributed by atoms with van der Waals surface area (Å²) in [5, 5.41) is 0. The lowest BCUT2D eigenvalue weighted by Crippen LogP contribution is -1.93. The standard InChI is InChI=1S/C38H32S3/c1-23(2)25-13-5-7-15-27(25)29-17-9-11-19-31(29)33-21-35-37(40-33)38-36(39-35)22-34(41-38)32-20-12-10-18-30(32)28-16-8-6-14-26(28)24(3)4/h5-24H,1-4H3. The zero-order valence-electron chi connectivity index (χ0n) is 23.8. The lowest BCUT2D eigenvalue weighted by Gasteiger charge is -2.15. The van der Waals surface area contributed by atoms with Crippen LogP contribution in [-0.4, -0.2) is 0 Å². The molecule has 3 aromatic heterocycles. The van der Waals surface area contributed by atoms with E-state index in [1.54, 1.807) is 0 Å². The average molecular weight is 585 g/mol. The highest BCUT2D eigenvalue weighted by atomic mass is 32.1. The van der Waals surface area contributed by atoms with Gasteiger partial charge in [0.25, 0.3) is 0 Å². The highest BCUT2D eigenvalue weighted by molar-refractivity contribution is 7.40. The molecular weight excluding hydrogens is 553 g/mol. The van der Waals surface area contributed by atoms with Gasteiger partial charge in [-0.05, 0) is 68.5 Å². The Labute approximate surface area is 254 Å². The molecule has 0 atom stereocenters. The van der Waals surface area contributed by atoms with Crippen molar-refractivity contribution < 1.29 is 0 Å². The molecule has 7 rings (SSSR count). The van der Waals surface area contributed by atoms with Gasteiger partial charge >= 0.3 is 0 Å². The van der Waals surface area contributed by atoms with Crippen LogP contribution < -0.4 is 0 Å². The summed E-state index contributed by atoms with van der Waals surface area (Å²) in [6, 6.07) is 40.5. The smallest absolute Gasteiger partial charge is 0.0636 e. The van der Waals surface area contributed by atoms with Crippen molar-refractivity contribution >= 4 is 52.8 Å². The molecule has 0 amide bonds. The van der Waals surface area contributed by atoms with Crippen molar-refractivity contribution in [3.63, 3.8) is 0 Å². The predicted molar refractivity (Wildman–Crippen MR) is 185 cm³/mol. The van der Waals surface area contributed by atoms with Crippen LogP contribution in [0.3, 0.4) is 0 Å². The van der Waals surface area contributed by atoms with Crippen LogP contribution in [0.25, 0.3) is 61.9 Å². The van der Waals surface area contributed by atoms with Gasteiger partial charge in [-0.25, -0.2) is 0 Å². The monoisotopic (exact) mass is 584 g/mol. The molecule has 7 aromatic rings. The van der Waals surface area contributed by atoms with Gasteiger partial charge in [0.1, 0.15) is 0 Å². The van der Waals surface area contributed by atoms with Crippen molar-refractivity contribution in [3.05, 3.63) is 120 Å². The molecule has 0 N–H and O–H groups in total. The molecule has 41 heavy (non-hydrogen) atoms. The average Bonchev–Trinajstić information content (AvgIpc) is 3.68. The molecule has 0 aliphatic carbocycles. The van der Waals surface area contributed by atoms with Gasteiger partial charge in [-0.15, -0.1) is 34.0 Å². The number of hydrogen-bond acceptors (Lipinski definition) is 3. The van der Waals surface area contributed by atoms with Gasteiger partial charge in [-0.3, -0.25) is 0 Å². The Morgan fingerprint density at radius 1 is 0.390 bits per heavy atom. The minimum absolute atomic E-state index is 0.477. The van der Waals surface area contributed by atoms with Gasteiger partial charge in [0.15, 0.2) is 0 Å². The molecular formula is C38H32S3. The molecule has 0 saturated heterocycles. The SMILES string of the molecule is CC(C)c1ccccc1-c1ccccc1-c1cc2sc3cc(-c4ccccc4-c4ccccc4C(C)C)sc3c2s1. The van der Waals surface area contributed by atoms with Crippen LogP contribution in [0.4, 0.5) is 0 Å². The third kappa shape index (κ3) is 4.67. The van der Waals surface area contributed by atoms with E-state index in [2.05, 4.69) is 137 Å². The van der Waals surface area contributed by atoms with E-state index < -0.39 is 0 Å². The highest BCUT2D eigenvalue weighted by Gasteiger charge is 2.19.